The monoisotopic (exact) mass is 270 g/mol. The van der Waals surface area contributed by atoms with Crippen molar-refractivity contribution in [2.75, 3.05) is 6.61 Å². The number of para-hydroxylation sites is 2. The Morgan fingerprint density at radius 3 is 2.60 bits per heavy atom. The van der Waals surface area contributed by atoms with Crippen molar-refractivity contribution in [2.45, 2.75) is 0 Å². The highest BCUT2D eigenvalue weighted by molar-refractivity contribution is 5.82. The molecule has 0 aliphatic rings. The van der Waals surface area contributed by atoms with Crippen LogP contribution in [0.1, 0.15) is 5.56 Å². The average molecular weight is 270 g/mol. The molecule has 2 aromatic carbocycles. The predicted molar refractivity (Wildman–Crippen MR) is 75.8 cm³/mol. The fourth-order valence-corrected chi connectivity index (χ4v) is 1.47. The summed E-state index contributed by atoms with van der Waals surface area (Å²) in [4.78, 5) is 11.5. The van der Waals surface area contributed by atoms with Crippen LogP contribution in [-0.4, -0.2) is 23.8 Å². The third-order valence-electron chi connectivity index (χ3n) is 2.43. The normalized spacial score (nSPS) is 10.4. The van der Waals surface area contributed by atoms with Gasteiger partial charge in [0.2, 0.25) is 0 Å². The molecule has 0 aliphatic carbocycles. The molecular formula is C15H14N2O3. The van der Waals surface area contributed by atoms with Crippen LogP contribution in [0.4, 0.5) is 0 Å². The van der Waals surface area contributed by atoms with Gasteiger partial charge >= 0.3 is 0 Å². The van der Waals surface area contributed by atoms with Crippen molar-refractivity contribution in [2.24, 2.45) is 5.10 Å². The van der Waals surface area contributed by atoms with Crippen molar-refractivity contribution in [3.8, 4) is 11.5 Å². The number of carbonyl (C=O) groups excluding carboxylic acids is 1. The van der Waals surface area contributed by atoms with E-state index >= 15 is 0 Å². The highest BCUT2D eigenvalue weighted by atomic mass is 16.5. The molecule has 5 nitrogen and oxygen atoms in total. The summed E-state index contributed by atoms with van der Waals surface area (Å²) >= 11 is 0. The zero-order valence-electron chi connectivity index (χ0n) is 10.7. The molecule has 102 valence electrons. The second-order valence-electron chi connectivity index (χ2n) is 3.96. The first-order valence-electron chi connectivity index (χ1n) is 6.03. The minimum absolute atomic E-state index is 0.00640. The molecule has 0 spiro atoms. The quantitative estimate of drug-likeness (QED) is 0.644. The van der Waals surface area contributed by atoms with Gasteiger partial charge in [0.25, 0.3) is 5.91 Å². The van der Waals surface area contributed by atoms with Gasteiger partial charge in [-0.05, 0) is 17.7 Å². The third kappa shape index (κ3) is 4.13. The van der Waals surface area contributed by atoms with E-state index in [0.29, 0.717) is 0 Å². The van der Waals surface area contributed by atoms with Gasteiger partial charge in [0.1, 0.15) is 0 Å². The van der Waals surface area contributed by atoms with Crippen LogP contribution < -0.4 is 10.2 Å². The largest absolute Gasteiger partial charge is 0.504 e. The predicted octanol–water partition coefficient (Wildman–Crippen LogP) is 1.92. The van der Waals surface area contributed by atoms with Crippen molar-refractivity contribution in [1.29, 1.82) is 0 Å². The Bertz CT molecular complexity index is 597. The Morgan fingerprint density at radius 1 is 1.15 bits per heavy atom. The number of amides is 1. The summed E-state index contributed by atoms with van der Waals surface area (Å²) in [7, 11) is 0. The molecule has 2 N–H and O–H groups in total. The summed E-state index contributed by atoms with van der Waals surface area (Å²) in [6.45, 7) is -0.219. The van der Waals surface area contributed by atoms with E-state index in [4.69, 9.17) is 4.74 Å². The fraction of sp³-hybridized carbons (Fsp3) is 0.0667. The van der Waals surface area contributed by atoms with Gasteiger partial charge in [0, 0.05) is 0 Å². The zero-order valence-corrected chi connectivity index (χ0v) is 10.7. The molecule has 0 atom stereocenters. The van der Waals surface area contributed by atoms with Gasteiger partial charge in [-0.2, -0.15) is 5.10 Å². The van der Waals surface area contributed by atoms with Gasteiger partial charge in [0.05, 0.1) is 6.21 Å². The molecule has 0 aromatic heterocycles. The molecule has 0 heterocycles. The highest BCUT2D eigenvalue weighted by Crippen LogP contribution is 2.23. The van der Waals surface area contributed by atoms with E-state index in [9.17, 15) is 9.90 Å². The lowest BCUT2D eigenvalue weighted by Gasteiger charge is -2.06. The van der Waals surface area contributed by atoms with E-state index in [1.165, 1.54) is 12.3 Å². The Kier molecular flexibility index (Phi) is 4.72. The van der Waals surface area contributed by atoms with Crippen LogP contribution in [0.3, 0.4) is 0 Å². The number of benzene rings is 2. The van der Waals surface area contributed by atoms with Crippen LogP contribution in [0.5, 0.6) is 11.5 Å². The molecule has 0 unspecified atom stereocenters. The van der Waals surface area contributed by atoms with E-state index in [1.807, 2.05) is 30.3 Å². The second kappa shape index (κ2) is 6.94. The van der Waals surface area contributed by atoms with Gasteiger partial charge in [-0.15, -0.1) is 0 Å². The lowest BCUT2D eigenvalue weighted by Crippen LogP contribution is -2.24. The zero-order chi connectivity index (χ0) is 14.2. The van der Waals surface area contributed by atoms with Crippen LogP contribution in [0.15, 0.2) is 59.7 Å². The standard InChI is InChI=1S/C15H14N2O3/c18-13-8-4-5-9-14(13)20-11-15(19)17-16-10-12-6-2-1-3-7-12/h1-10,18H,11H2,(H,17,19)/b16-10+. The first kappa shape index (κ1) is 13.6. The number of carbonyl (C=O) groups is 1. The number of ether oxygens (including phenoxy) is 1. The summed E-state index contributed by atoms with van der Waals surface area (Å²) in [5.74, 6) is -0.150. The number of aromatic hydroxyl groups is 1. The van der Waals surface area contributed by atoms with E-state index < -0.39 is 5.91 Å². The Labute approximate surface area is 116 Å². The maximum Gasteiger partial charge on any atom is 0.277 e. The van der Waals surface area contributed by atoms with Gasteiger partial charge in [0.15, 0.2) is 18.1 Å². The van der Waals surface area contributed by atoms with Crippen molar-refractivity contribution >= 4 is 12.1 Å². The molecule has 0 radical (unpaired) electrons. The molecule has 0 aliphatic heterocycles. The highest BCUT2D eigenvalue weighted by Gasteiger charge is 2.04. The molecule has 2 aromatic rings. The Hall–Kier alpha value is -2.82. The summed E-state index contributed by atoms with van der Waals surface area (Å²) in [5, 5.41) is 13.3. The summed E-state index contributed by atoms with van der Waals surface area (Å²) < 4.78 is 5.17. The van der Waals surface area contributed by atoms with Crippen LogP contribution in [0, 0.1) is 0 Å². The number of nitrogens with one attached hydrogen (secondary N) is 1. The van der Waals surface area contributed by atoms with E-state index in [1.54, 1.807) is 18.2 Å². The van der Waals surface area contributed by atoms with Crippen molar-refractivity contribution in [3.05, 3.63) is 60.2 Å². The van der Waals surface area contributed by atoms with Crippen LogP contribution in [0.2, 0.25) is 0 Å². The third-order valence-corrected chi connectivity index (χ3v) is 2.43. The molecule has 0 bridgehead atoms. The van der Waals surface area contributed by atoms with Crippen LogP contribution in [-0.2, 0) is 4.79 Å². The summed E-state index contributed by atoms with van der Waals surface area (Å²) in [6, 6.07) is 15.8. The fourth-order valence-electron chi connectivity index (χ4n) is 1.47. The summed E-state index contributed by atoms with van der Waals surface area (Å²) in [6.07, 6.45) is 1.54. The van der Waals surface area contributed by atoms with E-state index in [-0.39, 0.29) is 18.1 Å². The van der Waals surface area contributed by atoms with Crippen LogP contribution >= 0.6 is 0 Å². The van der Waals surface area contributed by atoms with Crippen LogP contribution in [0.25, 0.3) is 0 Å². The maximum absolute atomic E-state index is 11.5. The number of phenolic OH excluding ortho intramolecular Hbond substituents is 1. The van der Waals surface area contributed by atoms with Gasteiger partial charge < -0.3 is 9.84 Å². The molecule has 5 heteroatoms. The number of hydrogen-bond donors (Lipinski definition) is 2. The number of hydrogen-bond acceptors (Lipinski definition) is 4. The average Bonchev–Trinajstić information content (AvgIpc) is 2.47. The number of hydrazone groups is 1. The van der Waals surface area contributed by atoms with Crippen molar-refractivity contribution in [1.82, 2.24) is 5.43 Å². The first-order valence-corrected chi connectivity index (χ1v) is 6.03. The molecular weight excluding hydrogens is 256 g/mol. The molecule has 0 fully saturated rings. The lowest BCUT2D eigenvalue weighted by atomic mass is 10.2. The number of rotatable bonds is 5. The first-order chi connectivity index (χ1) is 9.75. The van der Waals surface area contributed by atoms with Gasteiger partial charge in [-0.25, -0.2) is 5.43 Å². The minimum Gasteiger partial charge on any atom is -0.504 e. The number of phenols is 1. The van der Waals surface area contributed by atoms with Crippen molar-refractivity contribution < 1.29 is 14.6 Å². The minimum atomic E-state index is -0.402. The lowest BCUT2D eigenvalue weighted by molar-refractivity contribution is -0.123. The molecule has 2 rings (SSSR count). The smallest absolute Gasteiger partial charge is 0.277 e. The Morgan fingerprint density at radius 2 is 1.85 bits per heavy atom. The second-order valence-corrected chi connectivity index (χ2v) is 3.96. The molecule has 1 amide bonds. The van der Waals surface area contributed by atoms with Gasteiger partial charge in [-0.3, -0.25) is 4.79 Å². The SMILES string of the molecule is O=C(COc1ccccc1O)N/N=C/c1ccccc1. The maximum atomic E-state index is 11.5. The molecule has 0 saturated heterocycles. The Balaban J connectivity index is 1.79. The molecule has 0 saturated carbocycles. The molecule has 20 heavy (non-hydrogen) atoms. The van der Waals surface area contributed by atoms with E-state index in [0.717, 1.165) is 5.56 Å². The van der Waals surface area contributed by atoms with E-state index in [2.05, 4.69) is 10.5 Å². The topological polar surface area (TPSA) is 70.9 Å². The number of nitrogens with zero attached hydrogens (tertiary/aromatic N) is 1. The summed E-state index contributed by atoms with van der Waals surface area (Å²) in [5.41, 5.74) is 3.23. The van der Waals surface area contributed by atoms with Gasteiger partial charge in [-0.1, -0.05) is 42.5 Å². The van der Waals surface area contributed by atoms with Crippen molar-refractivity contribution in [3.63, 3.8) is 0 Å².